The molecule has 0 saturated heterocycles. The van der Waals surface area contributed by atoms with Crippen molar-refractivity contribution in [3.05, 3.63) is 24.0 Å². The van der Waals surface area contributed by atoms with Gasteiger partial charge in [-0.05, 0) is 19.9 Å². The molecule has 0 bridgehead atoms. The number of carbonyl (C=O) groups is 1. The number of pyridine rings is 1. The summed E-state index contributed by atoms with van der Waals surface area (Å²) >= 11 is 0. The van der Waals surface area contributed by atoms with Gasteiger partial charge in [0.15, 0.2) is 6.29 Å². The van der Waals surface area contributed by atoms with Crippen molar-refractivity contribution < 1.29 is 4.79 Å². The van der Waals surface area contributed by atoms with E-state index >= 15 is 0 Å². The van der Waals surface area contributed by atoms with Gasteiger partial charge in [-0.3, -0.25) is 9.78 Å². The van der Waals surface area contributed by atoms with E-state index in [1.165, 1.54) is 0 Å². The number of nitrogens with zero attached hydrogens (tertiary/aromatic N) is 1. The van der Waals surface area contributed by atoms with Gasteiger partial charge in [-0.1, -0.05) is 0 Å². The summed E-state index contributed by atoms with van der Waals surface area (Å²) in [4.78, 5) is 14.3. The fourth-order valence-electron chi connectivity index (χ4n) is 0.934. The molecule has 0 spiro atoms. The topological polar surface area (TPSA) is 42.0 Å². The summed E-state index contributed by atoms with van der Waals surface area (Å²) in [6, 6.07) is 2.13. The molecule has 1 rings (SSSR count). The van der Waals surface area contributed by atoms with Crippen LogP contribution in [0.1, 0.15) is 24.2 Å². The minimum absolute atomic E-state index is 0.355. The van der Waals surface area contributed by atoms with Crippen molar-refractivity contribution in [1.29, 1.82) is 0 Å². The van der Waals surface area contributed by atoms with E-state index in [1.54, 1.807) is 18.5 Å². The lowest BCUT2D eigenvalue weighted by Crippen LogP contribution is -2.09. The number of rotatable bonds is 3. The van der Waals surface area contributed by atoms with Crippen molar-refractivity contribution in [3.8, 4) is 0 Å². The highest BCUT2D eigenvalue weighted by molar-refractivity contribution is 5.76. The van der Waals surface area contributed by atoms with Crippen molar-refractivity contribution in [2.45, 2.75) is 19.9 Å². The SMILES string of the molecule is CC(C)Nc1cncc(C=O)c1. The molecule has 1 heterocycles. The van der Waals surface area contributed by atoms with Gasteiger partial charge in [0.25, 0.3) is 0 Å². The van der Waals surface area contributed by atoms with Crippen molar-refractivity contribution in [3.63, 3.8) is 0 Å². The van der Waals surface area contributed by atoms with E-state index in [2.05, 4.69) is 10.3 Å². The summed E-state index contributed by atoms with van der Waals surface area (Å²) in [5, 5.41) is 3.16. The van der Waals surface area contributed by atoms with E-state index in [1.807, 2.05) is 13.8 Å². The number of hydrogen-bond acceptors (Lipinski definition) is 3. The molecule has 1 aromatic heterocycles. The maximum absolute atomic E-state index is 10.4. The van der Waals surface area contributed by atoms with Crippen molar-refractivity contribution in [2.75, 3.05) is 5.32 Å². The quantitative estimate of drug-likeness (QED) is 0.691. The first-order chi connectivity index (χ1) is 5.72. The van der Waals surface area contributed by atoms with E-state index < -0.39 is 0 Å². The summed E-state index contributed by atoms with van der Waals surface area (Å²) in [6.45, 7) is 4.07. The molecule has 12 heavy (non-hydrogen) atoms. The summed E-state index contributed by atoms with van der Waals surface area (Å²) in [7, 11) is 0. The Morgan fingerprint density at radius 1 is 1.50 bits per heavy atom. The van der Waals surface area contributed by atoms with Crippen LogP contribution in [0.2, 0.25) is 0 Å². The summed E-state index contributed by atoms with van der Waals surface area (Å²) in [6.07, 6.45) is 4.03. The Morgan fingerprint density at radius 3 is 2.83 bits per heavy atom. The first-order valence-corrected chi connectivity index (χ1v) is 3.89. The van der Waals surface area contributed by atoms with Crippen LogP contribution in [0.3, 0.4) is 0 Å². The van der Waals surface area contributed by atoms with Crippen molar-refractivity contribution >= 4 is 12.0 Å². The second-order valence-electron chi connectivity index (χ2n) is 2.92. The zero-order valence-electron chi connectivity index (χ0n) is 7.24. The van der Waals surface area contributed by atoms with Gasteiger partial charge in [-0.2, -0.15) is 0 Å². The average Bonchev–Trinajstić information content (AvgIpc) is 2.03. The molecule has 0 aliphatic rings. The van der Waals surface area contributed by atoms with Gasteiger partial charge in [-0.15, -0.1) is 0 Å². The number of hydrogen-bond donors (Lipinski definition) is 1. The van der Waals surface area contributed by atoms with Crippen LogP contribution in [-0.2, 0) is 0 Å². The van der Waals surface area contributed by atoms with Gasteiger partial charge in [-0.25, -0.2) is 0 Å². The molecular weight excluding hydrogens is 152 g/mol. The van der Waals surface area contributed by atoms with E-state index in [4.69, 9.17) is 0 Å². The monoisotopic (exact) mass is 164 g/mol. The molecule has 0 aliphatic heterocycles. The first-order valence-electron chi connectivity index (χ1n) is 3.89. The first kappa shape index (κ1) is 8.71. The van der Waals surface area contributed by atoms with Crippen LogP contribution in [0.5, 0.6) is 0 Å². The number of carbonyl (C=O) groups excluding carboxylic acids is 1. The van der Waals surface area contributed by atoms with E-state index in [9.17, 15) is 4.79 Å². The van der Waals surface area contributed by atoms with Crippen molar-refractivity contribution in [1.82, 2.24) is 4.98 Å². The number of aldehydes is 1. The van der Waals surface area contributed by atoms with Gasteiger partial charge in [0.2, 0.25) is 0 Å². The average molecular weight is 164 g/mol. The Balaban J connectivity index is 2.79. The fraction of sp³-hybridized carbons (Fsp3) is 0.333. The molecule has 3 heteroatoms. The summed E-state index contributed by atoms with van der Waals surface area (Å²) < 4.78 is 0. The largest absolute Gasteiger partial charge is 0.382 e. The van der Waals surface area contributed by atoms with E-state index in [-0.39, 0.29) is 0 Å². The lowest BCUT2D eigenvalue weighted by Gasteiger charge is -2.08. The number of anilines is 1. The van der Waals surface area contributed by atoms with Gasteiger partial charge < -0.3 is 5.32 Å². The molecule has 3 nitrogen and oxygen atoms in total. The van der Waals surface area contributed by atoms with Crippen LogP contribution in [0.4, 0.5) is 5.69 Å². The Hall–Kier alpha value is -1.38. The highest BCUT2D eigenvalue weighted by atomic mass is 16.1. The van der Waals surface area contributed by atoms with E-state index in [0.717, 1.165) is 12.0 Å². The third kappa shape index (κ3) is 2.34. The zero-order chi connectivity index (χ0) is 8.97. The van der Waals surface area contributed by atoms with Gasteiger partial charge in [0.05, 0.1) is 5.69 Å². The molecule has 0 aromatic carbocycles. The Bertz CT molecular complexity index is 271. The molecule has 0 atom stereocenters. The van der Waals surface area contributed by atoms with Crippen LogP contribution in [0.25, 0.3) is 0 Å². The third-order valence-electron chi connectivity index (χ3n) is 1.35. The minimum Gasteiger partial charge on any atom is -0.382 e. The smallest absolute Gasteiger partial charge is 0.151 e. The number of nitrogens with one attached hydrogen (secondary N) is 1. The molecular formula is C9H12N2O. The fourth-order valence-corrected chi connectivity index (χ4v) is 0.934. The molecule has 1 aromatic rings. The van der Waals surface area contributed by atoms with E-state index in [0.29, 0.717) is 11.6 Å². The van der Waals surface area contributed by atoms with Crippen molar-refractivity contribution in [2.24, 2.45) is 0 Å². The van der Waals surface area contributed by atoms with Crippen LogP contribution in [-0.4, -0.2) is 17.3 Å². The second-order valence-corrected chi connectivity index (χ2v) is 2.92. The summed E-state index contributed by atoms with van der Waals surface area (Å²) in [5.41, 5.74) is 1.48. The standard InChI is InChI=1S/C9H12N2O/c1-7(2)11-9-3-8(6-12)4-10-5-9/h3-7,11H,1-2H3. The van der Waals surface area contributed by atoms with Gasteiger partial charge >= 0.3 is 0 Å². The van der Waals surface area contributed by atoms with Gasteiger partial charge in [0, 0.05) is 24.0 Å². The molecule has 0 amide bonds. The Morgan fingerprint density at radius 2 is 2.25 bits per heavy atom. The van der Waals surface area contributed by atoms with Crippen LogP contribution < -0.4 is 5.32 Å². The maximum atomic E-state index is 10.4. The lowest BCUT2D eigenvalue weighted by molar-refractivity contribution is 0.112. The van der Waals surface area contributed by atoms with Gasteiger partial charge in [0.1, 0.15) is 0 Å². The molecule has 0 aliphatic carbocycles. The predicted molar refractivity (Wildman–Crippen MR) is 48.4 cm³/mol. The zero-order valence-corrected chi connectivity index (χ0v) is 7.24. The lowest BCUT2D eigenvalue weighted by atomic mass is 10.2. The Labute approximate surface area is 71.8 Å². The molecule has 0 saturated carbocycles. The highest BCUT2D eigenvalue weighted by Gasteiger charge is 1.96. The van der Waals surface area contributed by atoms with Crippen LogP contribution >= 0.6 is 0 Å². The maximum Gasteiger partial charge on any atom is 0.151 e. The highest BCUT2D eigenvalue weighted by Crippen LogP contribution is 2.07. The third-order valence-corrected chi connectivity index (χ3v) is 1.35. The molecule has 0 fully saturated rings. The predicted octanol–water partition coefficient (Wildman–Crippen LogP) is 1.71. The second kappa shape index (κ2) is 3.85. The molecule has 0 radical (unpaired) electrons. The normalized spacial score (nSPS) is 9.92. The Kier molecular flexibility index (Phi) is 2.80. The molecule has 0 unspecified atom stereocenters. The van der Waals surface area contributed by atoms with Crippen LogP contribution in [0.15, 0.2) is 18.5 Å². The number of aromatic nitrogens is 1. The minimum atomic E-state index is 0.355. The molecule has 1 N–H and O–H groups in total. The van der Waals surface area contributed by atoms with Crippen LogP contribution in [0, 0.1) is 0 Å². The summed E-state index contributed by atoms with van der Waals surface area (Å²) in [5.74, 6) is 0. The molecule has 64 valence electrons.